The van der Waals surface area contributed by atoms with Crippen molar-refractivity contribution in [1.29, 1.82) is 5.26 Å². The van der Waals surface area contributed by atoms with Crippen molar-refractivity contribution in [2.45, 2.75) is 19.4 Å². The Hall–Kier alpha value is -2.36. The molecule has 0 aliphatic rings. The van der Waals surface area contributed by atoms with Gasteiger partial charge in [0.1, 0.15) is 6.07 Å². The number of hydrogen-bond acceptors (Lipinski definition) is 4. The Kier molecular flexibility index (Phi) is 5.74. The largest absolute Gasteiger partial charge is 0.345 e. The molecule has 0 aliphatic heterocycles. The molecule has 0 saturated heterocycles. The monoisotopic (exact) mass is 347 g/mol. The first-order chi connectivity index (χ1) is 11.0. The van der Waals surface area contributed by atoms with Crippen molar-refractivity contribution >= 4 is 40.4 Å². The van der Waals surface area contributed by atoms with Gasteiger partial charge in [0.25, 0.3) is 0 Å². The van der Waals surface area contributed by atoms with Crippen LogP contribution in [0.5, 0.6) is 0 Å². The summed E-state index contributed by atoms with van der Waals surface area (Å²) < 4.78 is 0. The molecule has 7 heteroatoms. The molecule has 23 heavy (non-hydrogen) atoms. The van der Waals surface area contributed by atoms with E-state index in [4.69, 9.17) is 16.9 Å². The fraction of sp³-hybridized carbons (Fsp3) is 0.188. The first-order valence-corrected chi connectivity index (χ1v) is 8.09. The van der Waals surface area contributed by atoms with Crippen molar-refractivity contribution in [3.05, 3.63) is 51.2 Å². The fourth-order valence-electron chi connectivity index (χ4n) is 1.97. The maximum atomic E-state index is 12.0. The Morgan fingerprint density at radius 2 is 2.13 bits per heavy atom. The summed E-state index contributed by atoms with van der Waals surface area (Å²) in [5, 5.41) is 16.4. The molecule has 0 fully saturated rings. The number of thiophene rings is 1. The van der Waals surface area contributed by atoms with Gasteiger partial charge in [0.05, 0.1) is 11.3 Å². The van der Waals surface area contributed by atoms with Crippen LogP contribution in [0.2, 0.25) is 5.02 Å². The van der Waals surface area contributed by atoms with Crippen LogP contribution in [0.1, 0.15) is 17.4 Å². The molecule has 5 nitrogen and oxygen atoms in total. The number of anilines is 1. The minimum atomic E-state index is -0.832. The van der Waals surface area contributed by atoms with Gasteiger partial charge in [-0.15, -0.1) is 11.3 Å². The highest BCUT2D eigenvalue weighted by Gasteiger charge is 2.18. The molecule has 2 aromatic rings. The van der Waals surface area contributed by atoms with Gasteiger partial charge in [-0.25, -0.2) is 0 Å². The first-order valence-electron chi connectivity index (χ1n) is 6.83. The number of benzene rings is 1. The van der Waals surface area contributed by atoms with Crippen molar-refractivity contribution < 1.29 is 9.59 Å². The predicted octanol–water partition coefficient (Wildman–Crippen LogP) is 2.96. The lowest BCUT2D eigenvalue weighted by Crippen LogP contribution is -2.41. The van der Waals surface area contributed by atoms with Gasteiger partial charge in [0.2, 0.25) is 0 Å². The summed E-state index contributed by atoms with van der Waals surface area (Å²) in [7, 11) is 0. The van der Waals surface area contributed by atoms with Crippen molar-refractivity contribution in [2.75, 3.05) is 5.32 Å². The van der Waals surface area contributed by atoms with Gasteiger partial charge in [-0.05, 0) is 36.6 Å². The zero-order chi connectivity index (χ0) is 16.8. The maximum Gasteiger partial charge on any atom is 0.313 e. The average Bonchev–Trinajstić information content (AvgIpc) is 3.00. The van der Waals surface area contributed by atoms with E-state index >= 15 is 0 Å². The molecule has 0 aliphatic carbocycles. The van der Waals surface area contributed by atoms with Gasteiger partial charge >= 0.3 is 11.8 Å². The summed E-state index contributed by atoms with van der Waals surface area (Å²) in [5.74, 6) is -1.58. The van der Waals surface area contributed by atoms with Crippen LogP contribution in [-0.4, -0.2) is 17.9 Å². The normalized spacial score (nSPS) is 11.3. The SMILES string of the molecule is C[C@@H](Cc1cccs1)NC(=O)C(=O)Nc1cc(Cl)ccc1C#N. The molecule has 118 valence electrons. The van der Waals surface area contributed by atoms with E-state index in [9.17, 15) is 9.59 Å². The molecule has 2 rings (SSSR count). The second kappa shape index (κ2) is 7.77. The second-order valence-electron chi connectivity index (χ2n) is 4.91. The maximum absolute atomic E-state index is 12.0. The molecular weight excluding hydrogens is 334 g/mol. The molecule has 2 N–H and O–H groups in total. The standard InChI is InChI=1S/C16H14ClN3O2S/c1-10(7-13-3-2-6-23-13)19-15(21)16(22)20-14-8-12(17)5-4-11(14)9-18/h2-6,8,10H,7H2,1H3,(H,19,21)(H,20,22)/t10-/m0/s1. The fourth-order valence-corrected chi connectivity index (χ4v) is 2.97. The van der Waals surface area contributed by atoms with E-state index in [-0.39, 0.29) is 17.3 Å². The molecule has 0 saturated carbocycles. The van der Waals surface area contributed by atoms with Crippen LogP contribution in [0.4, 0.5) is 5.69 Å². The lowest BCUT2D eigenvalue weighted by Gasteiger charge is -2.13. The number of nitrogens with zero attached hydrogens (tertiary/aromatic N) is 1. The van der Waals surface area contributed by atoms with Crippen LogP contribution < -0.4 is 10.6 Å². The third-order valence-corrected chi connectivity index (χ3v) is 4.16. The number of nitrogens with one attached hydrogen (secondary N) is 2. The number of nitriles is 1. The molecule has 2 amide bonds. The Labute approximate surface area is 142 Å². The molecule has 1 aromatic heterocycles. The van der Waals surface area contributed by atoms with Gasteiger partial charge in [0.15, 0.2) is 0 Å². The van der Waals surface area contributed by atoms with Gasteiger partial charge < -0.3 is 10.6 Å². The van der Waals surface area contributed by atoms with Crippen LogP contribution >= 0.6 is 22.9 Å². The quantitative estimate of drug-likeness (QED) is 0.834. The second-order valence-corrected chi connectivity index (χ2v) is 6.38. The van der Waals surface area contributed by atoms with Gasteiger partial charge in [-0.2, -0.15) is 5.26 Å². The lowest BCUT2D eigenvalue weighted by molar-refractivity contribution is -0.136. The topological polar surface area (TPSA) is 82.0 Å². The van der Waals surface area contributed by atoms with Crippen LogP contribution in [0.15, 0.2) is 35.7 Å². The summed E-state index contributed by atoms with van der Waals surface area (Å²) in [6.07, 6.45) is 0.650. The number of hydrogen-bond donors (Lipinski definition) is 2. The van der Waals surface area contributed by atoms with E-state index in [0.29, 0.717) is 11.4 Å². The van der Waals surface area contributed by atoms with Gasteiger partial charge in [-0.3, -0.25) is 9.59 Å². The molecule has 1 heterocycles. The van der Waals surface area contributed by atoms with Crippen molar-refractivity contribution in [3.8, 4) is 6.07 Å². The first kappa shape index (κ1) is 17.0. The molecule has 1 aromatic carbocycles. The third-order valence-electron chi connectivity index (χ3n) is 3.02. The molecule has 0 unspecified atom stereocenters. The van der Waals surface area contributed by atoms with E-state index in [1.54, 1.807) is 17.4 Å². The lowest BCUT2D eigenvalue weighted by atomic mass is 10.2. The number of rotatable bonds is 4. The van der Waals surface area contributed by atoms with Gasteiger partial charge in [0, 0.05) is 22.4 Å². The summed E-state index contributed by atoms with van der Waals surface area (Å²) >= 11 is 7.43. The minimum absolute atomic E-state index is 0.179. The highest BCUT2D eigenvalue weighted by Crippen LogP contribution is 2.20. The Morgan fingerprint density at radius 1 is 1.35 bits per heavy atom. The zero-order valence-electron chi connectivity index (χ0n) is 12.3. The third kappa shape index (κ3) is 4.81. The smallest absolute Gasteiger partial charge is 0.313 e. The van der Waals surface area contributed by atoms with Crippen LogP contribution in [0.25, 0.3) is 0 Å². The van der Waals surface area contributed by atoms with E-state index in [0.717, 1.165) is 4.88 Å². The molecular formula is C16H14ClN3O2S. The Bertz CT molecular complexity index is 753. The number of amides is 2. The van der Waals surface area contributed by atoms with E-state index < -0.39 is 11.8 Å². The minimum Gasteiger partial charge on any atom is -0.345 e. The molecule has 0 bridgehead atoms. The average molecular weight is 348 g/mol. The van der Waals surface area contributed by atoms with Crippen molar-refractivity contribution in [2.24, 2.45) is 0 Å². The Balaban J connectivity index is 1.96. The van der Waals surface area contributed by atoms with Crippen LogP contribution in [0.3, 0.4) is 0 Å². The number of carbonyl (C=O) groups excluding carboxylic acids is 2. The highest BCUT2D eigenvalue weighted by atomic mass is 35.5. The van der Waals surface area contributed by atoms with E-state index in [1.807, 2.05) is 30.5 Å². The van der Waals surface area contributed by atoms with E-state index in [1.165, 1.54) is 12.1 Å². The van der Waals surface area contributed by atoms with Crippen LogP contribution in [0, 0.1) is 11.3 Å². The van der Waals surface area contributed by atoms with Crippen LogP contribution in [-0.2, 0) is 16.0 Å². The summed E-state index contributed by atoms with van der Waals surface area (Å²) in [6, 6.07) is 10.1. The summed E-state index contributed by atoms with van der Waals surface area (Å²) in [5.41, 5.74) is 0.452. The Morgan fingerprint density at radius 3 is 2.78 bits per heavy atom. The highest BCUT2D eigenvalue weighted by molar-refractivity contribution is 7.09. The summed E-state index contributed by atoms with van der Waals surface area (Å²) in [4.78, 5) is 25.0. The predicted molar refractivity (Wildman–Crippen MR) is 90.4 cm³/mol. The molecule has 0 radical (unpaired) electrons. The van der Waals surface area contributed by atoms with E-state index in [2.05, 4.69) is 10.6 Å². The zero-order valence-corrected chi connectivity index (χ0v) is 13.9. The number of halogens is 1. The number of carbonyl (C=O) groups is 2. The molecule has 1 atom stereocenters. The van der Waals surface area contributed by atoms with Crippen molar-refractivity contribution in [3.63, 3.8) is 0 Å². The summed E-state index contributed by atoms with van der Waals surface area (Å²) in [6.45, 7) is 1.82. The molecule has 0 spiro atoms. The van der Waals surface area contributed by atoms with Gasteiger partial charge in [-0.1, -0.05) is 17.7 Å². The van der Waals surface area contributed by atoms with Crippen molar-refractivity contribution in [1.82, 2.24) is 5.32 Å².